The molecule has 1 fully saturated rings. The minimum atomic E-state index is -0.963. The van der Waals surface area contributed by atoms with Gasteiger partial charge in [-0.05, 0) is 66.1 Å². The standard InChI is InChI=1S/C21H14F3NO.C4H7NO/c22-17-6-1-14(2-7-17)11-21(16-5-10-19(23)20(24)12-16)26-18-8-3-15(13-25)4-9-18;6-4-2-1-3-5-4/h1-10,12,21H,11H2;1-3H2,(H,5,6). The summed E-state index contributed by atoms with van der Waals surface area (Å²) in [5.41, 5.74) is 1.73. The lowest BCUT2D eigenvalue weighted by Gasteiger charge is -2.20. The van der Waals surface area contributed by atoms with E-state index in [-0.39, 0.29) is 11.7 Å². The van der Waals surface area contributed by atoms with E-state index in [1.165, 1.54) is 18.2 Å². The quantitative estimate of drug-likeness (QED) is 0.593. The van der Waals surface area contributed by atoms with E-state index in [2.05, 4.69) is 5.32 Å². The zero-order chi connectivity index (χ0) is 22.9. The molecule has 1 heterocycles. The number of nitriles is 1. The van der Waals surface area contributed by atoms with Gasteiger partial charge in [0.25, 0.3) is 0 Å². The van der Waals surface area contributed by atoms with Gasteiger partial charge in [-0.25, -0.2) is 13.2 Å². The first-order valence-corrected chi connectivity index (χ1v) is 10.1. The van der Waals surface area contributed by atoms with Gasteiger partial charge < -0.3 is 10.1 Å². The predicted molar refractivity (Wildman–Crippen MR) is 113 cm³/mol. The first kappa shape index (κ1) is 22.9. The van der Waals surface area contributed by atoms with Crippen LogP contribution in [-0.4, -0.2) is 12.5 Å². The highest BCUT2D eigenvalue weighted by Crippen LogP contribution is 2.27. The molecule has 1 aliphatic heterocycles. The average molecular weight is 438 g/mol. The molecule has 0 aromatic heterocycles. The molecule has 3 aromatic carbocycles. The van der Waals surface area contributed by atoms with Gasteiger partial charge in [-0.3, -0.25) is 4.79 Å². The van der Waals surface area contributed by atoms with Crippen LogP contribution in [0, 0.1) is 28.8 Å². The third-order valence-corrected chi connectivity index (χ3v) is 4.81. The number of carbonyl (C=O) groups excluding carboxylic acids is 1. The molecule has 164 valence electrons. The maximum absolute atomic E-state index is 13.7. The number of hydrogen-bond donors (Lipinski definition) is 1. The lowest BCUT2D eigenvalue weighted by Crippen LogP contribution is -2.12. The largest absolute Gasteiger partial charge is 0.485 e. The molecule has 32 heavy (non-hydrogen) atoms. The monoisotopic (exact) mass is 438 g/mol. The van der Waals surface area contributed by atoms with E-state index in [1.54, 1.807) is 36.4 Å². The fourth-order valence-electron chi connectivity index (χ4n) is 3.11. The Morgan fingerprint density at radius 3 is 2.22 bits per heavy atom. The molecule has 1 amide bonds. The van der Waals surface area contributed by atoms with Gasteiger partial charge in [-0.2, -0.15) is 5.26 Å². The number of carbonyl (C=O) groups is 1. The van der Waals surface area contributed by atoms with E-state index < -0.39 is 17.7 Å². The summed E-state index contributed by atoms with van der Waals surface area (Å²) in [6.45, 7) is 0.888. The maximum Gasteiger partial charge on any atom is 0.220 e. The Morgan fingerprint density at radius 2 is 1.69 bits per heavy atom. The summed E-state index contributed by atoms with van der Waals surface area (Å²) in [5, 5.41) is 11.5. The third-order valence-electron chi connectivity index (χ3n) is 4.81. The first-order valence-electron chi connectivity index (χ1n) is 10.1. The van der Waals surface area contributed by atoms with E-state index in [9.17, 15) is 18.0 Å². The van der Waals surface area contributed by atoms with Gasteiger partial charge in [-0.15, -0.1) is 0 Å². The second-order valence-corrected chi connectivity index (χ2v) is 7.20. The van der Waals surface area contributed by atoms with Crippen LogP contribution < -0.4 is 10.1 Å². The van der Waals surface area contributed by atoms with Gasteiger partial charge in [0.2, 0.25) is 5.91 Å². The Hall–Kier alpha value is -3.79. The van der Waals surface area contributed by atoms with Crippen LogP contribution in [-0.2, 0) is 11.2 Å². The Labute approximate surface area is 184 Å². The molecule has 4 nitrogen and oxygen atoms in total. The summed E-state index contributed by atoms with van der Waals surface area (Å²) in [6, 6.07) is 18.0. The molecule has 1 atom stereocenters. The van der Waals surface area contributed by atoms with Crippen molar-refractivity contribution in [2.24, 2.45) is 0 Å². The Morgan fingerprint density at radius 1 is 0.969 bits per heavy atom. The average Bonchev–Trinajstić information content (AvgIpc) is 3.28. The number of nitrogens with one attached hydrogen (secondary N) is 1. The zero-order valence-corrected chi connectivity index (χ0v) is 17.2. The van der Waals surface area contributed by atoms with Crippen molar-refractivity contribution in [1.29, 1.82) is 5.26 Å². The number of benzene rings is 3. The topological polar surface area (TPSA) is 62.1 Å². The summed E-state index contributed by atoms with van der Waals surface area (Å²) in [5.74, 6) is -1.57. The van der Waals surface area contributed by atoms with Crippen LogP contribution in [0.15, 0.2) is 66.7 Å². The zero-order valence-electron chi connectivity index (χ0n) is 17.2. The van der Waals surface area contributed by atoms with Gasteiger partial charge in [0.05, 0.1) is 11.6 Å². The van der Waals surface area contributed by atoms with Crippen LogP contribution in [0.2, 0.25) is 0 Å². The summed E-state index contributed by atoms with van der Waals surface area (Å²) in [6.07, 6.45) is 1.49. The molecule has 0 bridgehead atoms. The Kier molecular flexibility index (Phi) is 7.87. The summed E-state index contributed by atoms with van der Waals surface area (Å²) < 4.78 is 46.0. The summed E-state index contributed by atoms with van der Waals surface area (Å²) in [7, 11) is 0. The van der Waals surface area contributed by atoms with Gasteiger partial charge in [-0.1, -0.05) is 18.2 Å². The second-order valence-electron chi connectivity index (χ2n) is 7.20. The molecule has 7 heteroatoms. The fourth-order valence-corrected chi connectivity index (χ4v) is 3.11. The molecule has 0 saturated carbocycles. The molecule has 0 spiro atoms. The molecule has 1 N–H and O–H groups in total. The van der Waals surface area contributed by atoms with Crippen molar-refractivity contribution in [1.82, 2.24) is 5.32 Å². The van der Waals surface area contributed by atoms with Crippen LogP contribution >= 0.6 is 0 Å². The minimum absolute atomic E-state index is 0.204. The maximum atomic E-state index is 13.7. The van der Waals surface area contributed by atoms with Crippen molar-refractivity contribution in [2.75, 3.05) is 6.54 Å². The van der Waals surface area contributed by atoms with Crippen molar-refractivity contribution < 1.29 is 22.7 Å². The van der Waals surface area contributed by atoms with Crippen LogP contribution in [0.3, 0.4) is 0 Å². The molecular weight excluding hydrogens is 417 g/mol. The second kappa shape index (κ2) is 11.0. The van der Waals surface area contributed by atoms with Gasteiger partial charge in [0.1, 0.15) is 17.7 Å². The van der Waals surface area contributed by atoms with Crippen LogP contribution in [0.1, 0.15) is 35.6 Å². The van der Waals surface area contributed by atoms with E-state index in [0.29, 0.717) is 23.3 Å². The van der Waals surface area contributed by atoms with E-state index in [4.69, 9.17) is 10.00 Å². The highest BCUT2D eigenvalue weighted by atomic mass is 19.2. The van der Waals surface area contributed by atoms with Gasteiger partial charge in [0, 0.05) is 19.4 Å². The number of nitrogens with zero attached hydrogens (tertiary/aromatic N) is 1. The van der Waals surface area contributed by atoms with Crippen molar-refractivity contribution in [2.45, 2.75) is 25.4 Å². The van der Waals surface area contributed by atoms with E-state index in [0.717, 1.165) is 37.1 Å². The molecule has 0 aliphatic carbocycles. The van der Waals surface area contributed by atoms with Crippen LogP contribution in [0.25, 0.3) is 0 Å². The molecule has 1 saturated heterocycles. The van der Waals surface area contributed by atoms with Crippen LogP contribution in [0.5, 0.6) is 5.75 Å². The van der Waals surface area contributed by atoms with Crippen LogP contribution in [0.4, 0.5) is 13.2 Å². The highest BCUT2D eigenvalue weighted by Gasteiger charge is 2.17. The number of halogens is 3. The molecule has 0 radical (unpaired) electrons. The minimum Gasteiger partial charge on any atom is -0.485 e. The predicted octanol–water partition coefficient (Wildman–Crippen LogP) is 5.23. The first-order chi connectivity index (χ1) is 15.4. The summed E-state index contributed by atoms with van der Waals surface area (Å²) in [4.78, 5) is 10.1. The molecule has 1 unspecified atom stereocenters. The van der Waals surface area contributed by atoms with Gasteiger partial charge >= 0.3 is 0 Å². The summed E-state index contributed by atoms with van der Waals surface area (Å²) >= 11 is 0. The lowest BCUT2D eigenvalue weighted by molar-refractivity contribution is -0.119. The SMILES string of the molecule is N#Cc1ccc(OC(Cc2ccc(F)cc2)c2ccc(F)c(F)c2)cc1.O=C1CCCN1. The highest BCUT2D eigenvalue weighted by molar-refractivity contribution is 5.77. The normalized spacial score (nSPS) is 13.4. The number of ether oxygens (including phenoxy) is 1. The number of rotatable bonds is 5. The number of amides is 1. The molecule has 4 rings (SSSR count). The smallest absolute Gasteiger partial charge is 0.220 e. The molecule has 3 aromatic rings. The number of hydrogen-bond acceptors (Lipinski definition) is 3. The molecule has 1 aliphatic rings. The van der Waals surface area contributed by atoms with Crippen molar-refractivity contribution in [3.63, 3.8) is 0 Å². The van der Waals surface area contributed by atoms with E-state index in [1.807, 2.05) is 6.07 Å². The third kappa shape index (κ3) is 6.61. The molecular formula is C25H21F3N2O2. The Bertz CT molecular complexity index is 1090. The van der Waals surface area contributed by atoms with Crippen molar-refractivity contribution in [3.8, 4) is 11.8 Å². The van der Waals surface area contributed by atoms with E-state index >= 15 is 0 Å². The lowest BCUT2D eigenvalue weighted by atomic mass is 10.0. The fraction of sp³-hybridized carbons (Fsp3) is 0.200. The Balaban J connectivity index is 0.000000416. The van der Waals surface area contributed by atoms with Crippen molar-refractivity contribution in [3.05, 3.63) is 101 Å². The van der Waals surface area contributed by atoms with Gasteiger partial charge in [0.15, 0.2) is 11.6 Å². The van der Waals surface area contributed by atoms with Crippen molar-refractivity contribution >= 4 is 5.91 Å².